The molecule has 0 spiro atoms. The number of halogens is 2. The Labute approximate surface area is 138 Å². The summed E-state index contributed by atoms with van der Waals surface area (Å²) in [6.07, 6.45) is 1.18. The molecule has 3 rings (SSSR count). The molecule has 2 heterocycles. The fraction of sp³-hybridized carbons (Fsp3) is 0.611. The minimum absolute atomic E-state index is 0.259. The van der Waals surface area contributed by atoms with Gasteiger partial charge in [0.25, 0.3) is 0 Å². The van der Waals surface area contributed by atoms with Crippen molar-refractivity contribution >= 4 is 5.97 Å². The summed E-state index contributed by atoms with van der Waals surface area (Å²) in [5, 5.41) is 0. The first kappa shape index (κ1) is 21.5. The van der Waals surface area contributed by atoms with Crippen molar-refractivity contribution < 1.29 is 18.3 Å². The second kappa shape index (κ2) is 12.0. The maximum Gasteiger partial charge on any atom is 0.326 e. The van der Waals surface area contributed by atoms with Crippen LogP contribution in [0.25, 0.3) is 0 Å². The van der Waals surface area contributed by atoms with Gasteiger partial charge in [0, 0.05) is 13.0 Å². The Hall–Kier alpha value is -1.49. The predicted molar refractivity (Wildman–Crippen MR) is 89.9 cm³/mol. The first-order chi connectivity index (χ1) is 11.2. The number of carbonyl (C=O) groups excluding carboxylic acids is 1. The van der Waals surface area contributed by atoms with Gasteiger partial charge in [0.1, 0.15) is 11.7 Å². The lowest BCUT2D eigenvalue weighted by molar-refractivity contribution is -0.151. The zero-order valence-electron chi connectivity index (χ0n) is 14.6. The third-order valence-electron chi connectivity index (χ3n) is 3.83. The molecule has 2 fully saturated rings. The van der Waals surface area contributed by atoms with Gasteiger partial charge in [0.05, 0.1) is 14.3 Å². The second-order valence-corrected chi connectivity index (χ2v) is 5.03. The smallest absolute Gasteiger partial charge is 0.326 e. The molecule has 23 heavy (non-hydrogen) atoms. The van der Waals surface area contributed by atoms with Gasteiger partial charge in [0.15, 0.2) is 0 Å². The summed E-state index contributed by atoms with van der Waals surface area (Å²) < 4.78 is 27.4. The predicted octanol–water partition coefficient (Wildman–Crippen LogP) is 4.03. The van der Waals surface area contributed by atoms with E-state index in [0.29, 0.717) is 20.1 Å². The molecule has 2 atom stereocenters. The molecule has 1 aromatic rings. The molecule has 2 aliphatic rings. The van der Waals surface area contributed by atoms with E-state index < -0.39 is 11.7 Å². The number of hydrogen-bond donors (Lipinski definition) is 0. The molecule has 5 heteroatoms. The molecule has 0 aromatic heterocycles. The first-order valence-electron chi connectivity index (χ1n) is 8.04. The van der Waals surface area contributed by atoms with Crippen LogP contribution in [0.5, 0.6) is 0 Å². The normalized spacial score (nSPS) is 24.7. The van der Waals surface area contributed by atoms with Crippen LogP contribution < -0.4 is 0 Å². The Kier molecular flexibility index (Phi) is 11.2. The molecule has 0 bridgehead atoms. The number of nitrogens with zero attached hydrogens (tertiary/aromatic N) is 1. The zero-order valence-corrected chi connectivity index (χ0v) is 14.6. The number of hydrogen-bond acceptors (Lipinski definition) is 3. The lowest BCUT2D eigenvalue weighted by Crippen LogP contribution is -2.46. The van der Waals surface area contributed by atoms with E-state index in [1.165, 1.54) is 7.11 Å². The number of esters is 1. The number of rotatable bonds is 1. The van der Waals surface area contributed by atoms with Crippen LogP contribution in [0.15, 0.2) is 36.4 Å². The van der Waals surface area contributed by atoms with Crippen molar-refractivity contribution in [3.05, 3.63) is 36.4 Å². The largest absolute Gasteiger partial charge is 0.468 e. The van der Waals surface area contributed by atoms with Crippen molar-refractivity contribution in [1.29, 1.82) is 0 Å². The molecule has 2 saturated heterocycles. The minimum atomic E-state index is -0.862. The fourth-order valence-corrected chi connectivity index (χ4v) is 2.99. The van der Waals surface area contributed by atoms with Crippen LogP contribution in [0.3, 0.4) is 0 Å². The summed E-state index contributed by atoms with van der Waals surface area (Å²) in [5.74, 6) is -0.259. The van der Waals surface area contributed by atoms with Crippen molar-refractivity contribution in [3.63, 3.8) is 0 Å². The van der Waals surface area contributed by atoms with Gasteiger partial charge in [-0.3, -0.25) is 14.1 Å². The van der Waals surface area contributed by atoms with Crippen molar-refractivity contribution in [2.45, 2.75) is 44.8 Å². The maximum atomic E-state index is 13.1. The third-order valence-corrected chi connectivity index (χ3v) is 3.83. The highest BCUT2D eigenvalue weighted by molar-refractivity contribution is 5.81. The Morgan fingerprint density at radius 2 is 1.61 bits per heavy atom. The highest BCUT2D eigenvalue weighted by Gasteiger charge is 2.54. The fourth-order valence-electron chi connectivity index (χ4n) is 2.99. The Morgan fingerprint density at radius 3 is 2.04 bits per heavy atom. The van der Waals surface area contributed by atoms with E-state index in [1.807, 2.05) is 55.1 Å². The van der Waals surface area contributed by atoms with Crippen LogP contribution >= 0.6 is 0 Å². The molecule has 0 amide bonds. The second-order valence-electron chi connectivity index (χ2n) is 5.03. The Bertz CT molecular complexity index is 390. The van der Waals surface area contributed by atoms with Crippen molar-refractivity contribution in [1.82, 2.24) is 4.90 Å². The topological polar surface area (TPSA) is 29.5 Å². The van der Waals surface area contributed by atoms with Crippen molar-refractivity contribution in [3.8, 4) is 0 Å². The van der Waals surface area contributed by atoms with E-state index in [1.54, 1.807) is 0 Å². The first-order valence-corrected chi connectivity index (χ1v) is 8.04. The van der Waals surface area contributed by atoms with Crippen LogP contribution in [0.1, 0.15) is 33.1 Å². The van der Waals surface area contributed by atoms with Gasteiger partial charge in [-0.15, -0.1) is 0 Å². The van der Waals surface area contributed by atoms with Crippen LogP contribution in [0, 0.1) is 0 Å². The molecule has 2 aliphatic heterocycles. The molecule has 0 aliphatic carbocycles. The lowest BCUT2D eigenvalue weighted by atomic mass is 9.94. The van der Waals surface area contributed by atoms with Crippen molar-refractivity contribution in [2.75, 3.05) is 27.4 Å². The molecule has 132 valence electrons. The van der Waals surface area contributed by atoms with E-state index in [4.69, 9.17) is 4.74 Å². The number of benzene rings is 1. The maximum absolute atomic E-state index is 13.1. The quantitative estimate of drug-likeness (QED) is 0.729. The molecule has 0 saturated carbocycles. The van der Waals surface area contributed by atoms with E-state index in [2.05, 4.69) is 0 Å². The third kappa shape index (κ3) is 5.90. The van der Waals surface area contributed by atoms with E-state index in [9.17, 15) is 13.6 Å². The average Bonchev–Trinajstić information content (AvgIpc) is 3.16. The summed E-state index contributed by atoms with van der Waals surface area (Å²) in [6.45, 7) is 5.23. The molecule has 1 aromatic carbocycles. The van der Waals surface area contributed by atoms with Gasteiger partial charge in [-0.1, -0.05) is 50.2 Å². The van der Waals surface area contributed by atoms with E-state index in [0.717, 1.165) is 19.4 Å². The van der Waals surface area contributed by atoms with Gasteiger partial charge in [-0.2, -0.15) is 0 Å². The van der Waals surface area contributed by atoms with E-state index in [-0.39, 0.29) is 5.97 Å². The van der Waals surface area contributed by atoms with Crippen LogP contribution in [-0.4, -0.2) is 50.0 Å². The number of alkyl halides is 2. The lowest BCUT2D eigenvalue weighted by Gasteiger charge is -2.27. The SMILES string of the molecule is CC.CF.COC(=O)[C@@]12CCCN1C[C@@H](F)C2.c1ccccc1. The number of carbonyl (C=O) groups is 1. The number of fused-ring (bicyclic) bond motifs is 1. The number of ether oxygens (including phenoxy) is 1. The molecule has 3 nitrogen and oxygen atoms in total. The number of methoxy groups -OCH3 is 1. The van der Waals surface area contributed by atoms with Crippen LogP contribution in [0.2, 0.25) is 0 Å². The Morgan fingerprint density at radius 1 is 1.13 bits per heavy atom. The molecular weight excluding hydrogens is 300 g/mol. The van der Waals surface area contributed by atoms with E-state index >= 15 is 0 Å². The van der Waals surface area contributed by atoms with Crippen molar-refractivity contribution in [2.24, 2.45) is 0 Å². The van der Waals surface area contributed by atoms with Crippen LogP contribution in [0.4, 0.5) is 8.78 Å². The summed E-state index contributed by atoms with van der Waals surface area (Å²) in [6, 6.07) is 12.0. The van der Waals surface area contributed by atoms with Gasteiger partial charge < -0.3 is 4.74 Å². The monoisotopic (exact) mass is 329 g/mol. The molecular formula is C18H29F2NO2. The van der Waals surface area contributed by atoms with Crippen LogP contribution in [-0.2, 0) is 9.53 Å². The summed E-state index contributed by atoms with van der Waals surface area (Å²) in [4.78, 5) is 13.5. The Balaban J connectivity index is 0.000000407. The average molecular weight is 329 g/mol. The van der Waals surface area contributed by atoms with Gasteiger partial charge in [-0.05, 0) is 19.4 Å². The van der Waals surface area contributed by atoms with Gasteiger partial charge >= 0.3 is 5.97 Å². The molecule has 0 N–H and O–H groups in total. The minimum Gasteiger partial charge on any atom is -0.468 e. The molecule has 0 radical (unpaired) electrons. The molecule has 0 unspecified atom stereocenters. The zero-order chi connectivity index (χ0) is 17.7. The highest BCUT2D eigenvalue weighted by atomic mass is 19.1. The summed E-state index contributed by atoms with van der Waals surface area (Å²) in [7, 11) is 1.87. The highest BCUT2D eigenvalue weighted by Crippen LogP contribution is 2.40. The standard InChI is InChI=1S/C9H14FNO2.C6H6.C2H6.CH3F/c1-13-8(12)9-3-2-4-11(9)6-7(10)5-9;1-2-4-6-5-3-1;2*1-2/h7H,2-6H2,1H3;1-6H;1-2H3;1H3/t7-,9-;;;/m0.../s1. The summed E-state index contributed by atoms with van der Waals surface area (Å²) >= 11 is 0. The van der Waals surface area contributed by atoms with Gasteiger partial charge in [0.2, 0.25) is 0 Å². The van der Waals surface area contributed by atoms with Gasteiger partial charge in [-0.25, -0.2) is 4.39 Å². The summed E-state index contributed by atoms with van der Waals surface area (Å²) in [5.41, 5.74) is -0.617.